The van der Waals surface area contributed by atoms with Crippen LogP contribution < -0.4 is 4.90 Å². The first kappa shape index (κ1) is 17.5. The number of ketones is 1. The van der Waals surface area contributed by atoms with E-state index in [1.807, 2.05) is 19.1 Å². The lowest BCUT2D eigenvalue weighted by atomic mass is 10.1. The minimum atomic E-state index is -0.419. The highest BCUT2D eigenvalue weighted by Crippen LogP contribution is 2.17. The molecular formula is C19H17FN4O2. The Kier molecular flexibility index (Phi) is 5.17. The van der Waals surface area contributed by atoms with Gasteiger partial charge in [0.1, 0.15) is 12.1 Å². The summed E-state index contributed by atoms with van der Waals surface area (Å²) >= 11 is 0. The molecule has 1 heterocycles. The van der Waals surface area contributed by atoms with Crippen LogP contribution in [-0.2, 0) is 11.2 Å². The summed E-state index contributed by atoms with van der Waals surface area (Å²) < 4.78 is 13.1. The minimum absolute atomic E-state index is 0.0337. The average molecular weight is 352 g/mol. The van der Waals surface area contributed by atoms with E-state index in [0.717, 1.165) is 5.56 Å². The molecule has 26 heavy (non-hydrogen) atoms. The molecule has 0 aliphatic heterocycles. The monoisotopic (exact) mass is 352 g/mol. The fourth-order valence-electron chi connectivity index (χ4n) is 2.47. The minimum Gasteiger partial charge on any atom is -0.304 e. The number of carbonyl (C=O) groups excluding carboxylic acids is 2. The van der Waals surface area contributed by atoms with Crippen LogP contribution >= 0.6 is 0 Å². The van der Waals surface area contributed by atoms with E-state index in [4.69, 9.17) is 0 Å². The van der Waals surface area contributed by atoms with Crippen molar-refractivity contribution in [3.05, 3.63) is 77.6 Å². The lowest BCUT2D eigenvalue weighted by Crippen LogP contribution is -2.37. The van der Waals surface area contributed by atoms with Gasteiger partial charge in [0.25, 0.3) is 0 Å². The van der Waals surface area contributed by atoms with Gasteiger partial charge in [0, 0.05) is 11.3 Å². The summed E-state index contributed by atoms with van der Waals surface area (Å²) in [5.41, 5.74) is 1.99. The molecule has 0 unspecified atom stereocenters. The zero-order valence-electron chi connectivity index (χ0n) is 14.1. The lowest BCUT2D eigenvalue weighted by Gasteiger charge is -2.22. The molecule has 1 N–H and O–H groups in total. The number of benzene rings is 2. The topological polar surface area (TPSA) is 79.0 Å². The van der Waals surface area contributed by atoms with E-state index in [9.17, 15) is 14.0 Å². The maximum Gasteiger partial charge on any atom is 0.235 e. The number of amides is 1. The molecule has 0 spiro atoms. The number of halogens is 1. The maximum atomic E-state index is 13.1. The number of anilines is 1. The van der Waals surface area contributed by atoms with Crippen molar-refractivity contribution in [3.8, 4) is 0 Å². The van der Waals surface area contributed by atoms with E-state index in [0.29, 0.717) is 17.1 Å². The van der Waals surface area contributed by atoms with Gasteiger partial charge in [0.05, 0.1) is 13.0 Å². The molecule has 1 aromatic heterocycles. The van der Waals surface area contributed by atoms with Gasteiger partial charge in [-0.25, -0.2) is 9.37 Å². The Morgan fingerprint density at radius 2 is 1.77 bits per heavy atom. The Labute approximate surface area is 149 Å². The van der Waals surface area contributed by atoms with E-state index in [1.54, 1.807) is 12.1 Å². The highest BCUT2D eigenvalue weighted by molar-refractivity contribution is 6.05. The second-order valence-electron chi connectivity index (χ2n) is 5.84. The van der Waals surface area contributed by atoms with Crippen LogP contribution in [0, 0.1) is 12.7 Å². The number of aromatic amines is 1. The molecule has 3 rings (SSSR count). The average Bonchev–Trinajstić information content (AvgIpc) is 3.14. The van der Waals surface area contributed by atoms with Crippen LogP contribution in [0.5, 0.6) is 0 Å². The Morgan fingerprint density at radius 3 is 2.38 bits per heavy atom. The van der Waals surface area contributed by atoms with Gasteiger partial charge in [0.2, 0.25) is 5.91 Å². The van der Waals surface area contributed by atoms with Crippen molar-refractivity contribution in [1.82, 2.24) is 15.2 Å². The first-order chi connectivity index (χ1) is 12.5. The standard InChI is InChI=1S/C19H17FN4O2/c1-13-2-8-16(9-3-13)24(19(26)10-18-21-12-22-23-18)11-17(25)14-4-6-15(20)7-5-14/h2-9,12H,10-11H2,1H3,(H,21,22,23). The van der Waals surface area contributed by atoms with Crippen LogP contribution in [0.25, 0.3) is 0 Å². The molecule has 0 aliphatic rings. The largest absolute Gasteiger partial charge is 0.304 e. The molecular weight excluding hydrogens is 335 g/mol. The third-order valence-corrected chi connectivity index (χ3v) is 3.89. The molecule has 3 aromatic rings. The van der Waals surface area contributed by atoms with Crippen molar-refractivity contribution in [2.75, 3.05) is 11.4 Å². The number of Topliss-reactive ketones (excluding diaryl/α,β-unsaturated/α-hetero) is 1. The van der Waals surface area contributed by atoms with Gasteiger partial charge >= 0.3 is 0 Å². The zero-order chi connectivity index (χ0) is 18.5. The Balaban J connectivity index is 1.84. The van der Waals surface area contributed by atoms with Crippen molar-refractivity contribution in [3.63, 3.8) is 0 Å². The number of aryl methyl sites for hydroxylation is 1. The van der Waals surface area contributed by atoms with Gasteiger partial charge in [-0.2, -0.15) is 5.10 Å². The van der Waals surface area contributed by atoms with Gasteiger partial charge in [-0.05, 0) is 43.3 Å². The zero-order valence-corrected chi connectivity index (χ0v) is 14.1. The predicted molar refractivity (Wildman–Crippen MR) is 94.3 cm³/mol. The number of nitrogens with zero attached hydrogens (tertiary/aromatic N) is 3. The Morgan fingerprint density at radius 1 is 1.08 bits per heavy atom. The van der Waals surface area contributed by atoms with Crippen molar-refractivity contribution >= 4 is 17.4 Å². The Hall–Kier alpha value is -3.35. The first-order valence-corrected chi connectivity index (χ1v) is 8.03. The molecule has 2 aromatic carbocycles. The van der Waals surface area contributed by atoms with Crippen LogP contribution in [0.3, 0.4) is 0 Å². The summed E-state index contributed by atoms with van der Waals surface area (Å²) in [7, 11) is 0. The summed E-state index contributed by atoms with van der Waals surface area (Å²) in [6.07, 6.45) is 1.36. The second kappa shape index (κ2) is 7.69. The molecule has 0 bridgehead atoms. The fourth-order valence-corrected chi connectivity index (χ4v) is 2.47. The number of H-pyrrole nitrogens is 1. The van der Waals surface area contributed by atoms with E-state index >= 15 is 0 Å². The van der Waals surface area contributed by atoms with Gasteiger partial charge in [-0.15, -0.1) is 0 Å². The summed E-state index contributed by atoms with van der Waals surface area (Å²) in [5.74, 6) is -0.656. The van der Waals surface area contributed by atoms with Crippen LogP contribution in [0.2, 0.25) is 0 Å². The molecule has 0 saturated heterocycles. The molecule has 0 saturated carbocycles. The first-order valence-electron chi connectivity index (χ1n) is 8.03. The van der Waals surface area contributed by atoms with Crippen molar-refractivity contribution in [1.29, 1.82) is 0 Å². The lowest BCUT2D eigenvalue weighted by molar-refractivity contribution is -0.118. The van der Waals surface area contributed by atoms with Crippen molar-refractivity contribution in [2.45, 2.75) is 13.3 Å². The maximum absolute atomic E-state index is 13.1. The third-order valence-electron chi connectivity index (χ3n) is 3.89. The predicted octanol–water partition coefficient (Wildman–Crippen LogP) is 2.71. The highest BCUT2D eigenvalue weighted by atomic mass is 19.1. The van der Waals surface area contributed by atoms with Crippen LogP contribution in [0.1, 0.15) is 21.7 Å². The van der Waals surface area contributed by atoms with Crippen LogP contribution in [-0.4, -0.2) is 33.4 Å². The molecule has 132 valence electrons. The van der Waals surface area contributed by atoms with Gasteiger partial charge in [-0.1, -0.05) is 17.7 Å². The number of aromatic nitrogens is 3. The van der Waals surface area contributed by atoms with Gasteiger partial charge in [-0.3, -0.25) is 14.7 Å². The van der Waals surface area contributed by atoms with Crippen molar-refractivity contribution in [2.24, 2.45) is 0 Å². The van der Waals surface area contributed by atoms with E-state index in [-0.39, 0.29) is 24.7 Å². The van der Waals surface area contributed by atoms with Crippen LogP contribution in [0.4, 0.5) is 10.1 Å². The van der Waals surface area contributed by atoms with Gasteiger partial charge < -0.3 is 4.90 Å². The normalized spacial score (nSPS) is 10.5. The second-order valence-corrected chi connectivity index (χ2v) is 5.84. The third kappa shape index (κ3) is 4.18. The molecule has 0 radical (unpaired) electrons. The van der Waals surface area contributed by atoms with E-state index in [1.165, 1.54) is 35.5 Å². The highest BCUT2D eigenvalue weighted by Gasteiger charge is 2.21. The number of rotatable bonds is 6. The summed E-state index contributed by atoms with van der Waals surface area (Å²) in [4.78, 5) is 30.6. The number of nitrogens with one attached hydrogen (secondary N) is 1. The number of hydrogen-bond acceptors (Lipinski definition) is 4. The molecule has 7 heteroatoms. The van der Waals surface area contributed by atoms with E-state index in [2.05, 4.69) is 15.2 Å². The molecule has 0 fully saturated rings. The number of hydrogen-bond donors (Lipinski definition) is 1. The van der Waals surface area contributed by atoms with Crippen molar-refractivity contribution < 1.29 is 14.0 Å². The molecule has 6 nitrogen and oxygen atoms in total. The number of carbonyl (C=O) groups is 2. The summed E-state index contributed by atoms with van der Waals surface area (Å²) in [6.45, 7) is 1.78. The SMILES string of the molecule is Cc1ccc(N(CC(=O)c2ccc(F)cc2)C(=O)Cc2nc[nH]n2)cc1. The van der Waals surface area contributed by atoms with Crippen LogP contribution in [0.15, 0.2) is 54.9 Å². The smallest absolute Gasteiger partial charge is 0.235 e. The fraction of sp³-hybridized carbons (Fsp3) is 0.158. The molecule has 0 aliphatic carbocycles. The summed E-state index contributed by atoms with van der Waals surface area (Å²) in [6, 6.07) is 12.6. The van der Waals surface area contributed by atoms with E-state index < -0.39 is 5.82 Å². The molecule has 0 atom stereocenters. The molecule has 1 amide bonds. The van der Waals surface area contributed by atoms with Gasteiger partial charge in [0.15, 0.2) is 11.6 Å². The Bertz CT molecular complexity index is 890. The quantitative estimate of drug-likeness (QED) is 0.692. The summed E-state index contributed by atoms with van der Waals surface area (Å²) in [5, 5.41) is 6.44.